The number of pyridine rings is 2. The predicted octanol–water partition coefficient (Wildman–Crippen LogP) is 5.98. The van der Waals surface area contributed by atoms with Crippen molar-refractivity contribution in [2.45, 2.75) is 0 Å². The molecule has 0 saturated carbocycles. The van der Waals surface area contributed by atoms with Crippen LogP contribution >= 0.6 is 0 Å². The van der Waals surface area contributed by atoms with Gasteiger partial charge in [0.2, 0.25) is 0 Å². The largest absolute Gasteiger partial charge is 0.465 e. The fourth-order valence-electron chi connectivity index (χ4n) is 2.74. The average Bonchev–Trinajstić information content (AvgIpc) is 3.25. The van der Waals surface area contributed by atoms with Crippen LogP contribution in [0.15, 0.2) is 95.9 Å². The number of rotatable bonds is 2. The van der Waals surface area contributed by atoms with Crippen molar-refractivity contribution in [1.29, 1.82) is 0 Å². The Morgan fingerprint density at radius 3 is 2.41 bits per heavy atom. The van der Waals surface area contributed by atoms with Crippen LogP contribution in [0.5, 0.6) is 0 Å². The Labute approximate surface area is 181 Å². The molecule has 2 aromatic carbocycles. The van der Waals surface area contributed by atoms with Crippen LogP contribution in [0.25, 0.3) is 33.5 Å². The van der Waals surface area contributed by atoms with E-state index >= 15 is 0 Å². The van der Waals surface area contributed by atoms with E-state index in [0.717, 1.165) is 33.5 Å². The first-order valence-corrected chi connectivity index (χ1v) is 8.69. The van der Waals surface area contributed by atoms with E-state index < -0.39 is 0 Å². The monoisotopic (exact) mass is 559 g/mol. The zero-order chi connectivity index (χ0) is 19.2. The van der Waals surface area contributed by atoms with Crippen LogP contribution in [0.1, 0.15) is 0 Å². The van der Waals surface area contributed by atoms with Crippen molar-refractivity contribution in [1.82, 2.24) is 9.97 Å². The quantitative estimate of drug-likeness (QED) is 0.250. The van der Waals surface area contributed by atoms with Gasteiger partial charge in [-0.1, -0.05) is 12.1 Å². The van der Waals surface area contributed by atoms with Gasteiger partial charge in [-0.25, -0.2) is 0 Å². The van der Waals surface area contributed by atoms with E-state index in [1.807, 2.05) is 48.5 Å². The molecule has 1 radical (unpaired) electrons. The Morgan fingerprint density at radius 2 is 1.69 bits per heavy atom. The number of nitrogens with zero attached hydrogens (tertiary/aromatic N) is 2. The van der Waals surface area contributed by atoms with Gasteiger partial charge in [0.15, 0.2) is 0 Å². The molecular formula is C24H15FIrN2O-2. The molecule has 0 spiro atoms. The van der Waals surface area contributed by atoms with Gasteiger partial charge in [0.1, 0.15) is 5.58 Å². The van der Waals surface area contributed by atoms with E-state index in [1.54, 1.807) is 30.8 Å². The van der Waals surface area contributed by atoms with Crippen molar-refractivity contribution < 1.29 is 28.9 Å². The van der Waals surface area contributed by atoms with E-state index in [1.165, 1.54) is 12.1 Å². The number of hydrogen-bond donors (Lipinski definition) is 0. The van der Waals surface area contributed by atoms with Gasteiger partial charge < -0.3 is 14.4 Å². The molecule has 0 saturated heterocycles. The summed E-state index contributed by atoms with van der Waals surface area (Å²) in [6.07, 6.45) is 5.06. The Morgan fingerprint density at radius 1 is 0.793 bits per heavy atom. The maximum absolute atomic E-state index is 12.8. The summed E-state index contributed by atoms with van der Waals surface area (Å²) in [7, 11) is 0. The van der Waals surface area contributed by atoms with E-state index in [2.05, 4.69) is 22.1 Å². The molecule has 3 aromatic heterocycles. The summed E-state index contributed by atoms with van der Waals surface area (Å²) in [5.74, 6) is -0.303. The minimum Gasteiger partial charge on any atom is -0.465 e. The summed E-state index contributed by atoms with van der Waals surface area (Å²) in [6.45, 7) is 0. The molecule has 5 rings (SSSR count). The third kappa shape index (κ3) is 5.02. The summed E-state index contributed by atoms with van der Waals surface area (Å²) in [4.78, 5) is 8.48. The maximum atomic E-state index is 12.8. The molecule has 0 aliphatic rings. The summed E-state index contributed by atoms with van der Waals surface area (Å²) in [5, 5.41) is 0.908. The molecule has 29 heavy (non-hydrogen) atoms. The Balaban J connectivity index is 0.000000167. The zero-order valence-corrected chi connectivity index (χ0v) is 17.6. The Hall–Kier alpha value is -3.14. The average molecular weight is 559 g/mol. The molecule has 0 fully saturated rings. The maximum Gasteiger partial charge on any atom is 0.128 e. The Bertz CT molecular complexity index is 1120. The van der Waals surface area contributed by atoms with E-state index in [9.17, 15) is 4.39 Å². The minimum absolute atomic E-state index is 0. The fourth-order valence-corrected chi connectivity index (χ4v) is 2.74. The third-order valence-corrected chi connectivity index (χ3v) is 4.06. The SMILES string of the molecule is Fc1c[c-]c(-c2nccc3occc23)cc1.[Ir].[c-]1ccccc1-c1ccccn1. The summed E-state index contributed by atoms with van der Waals surface area (Å²) < 4.78 is 18.1. The molecule has 5 aromatic rings. The van der Waals surface area contributed by atoms with Crippen molar-refractivity contribution >= 4 is 11.0 Å². The number of benzene rings is 2. The van der Waals surface area contributed by atoms with Crippen LogP contribution in [0.4, 0.5) is 4.39 Å². The van der Waals surface area contributed by atoms with Crippen molar-refractivity contribution in [2.75, 3.05) is 0 Å². The van der Waals surface area contributed by atoms with E-state index in [4.69, 9.17) is 4.42 Å². The number of aromatic nitrogens is 2. The second-order valence-electron chi connectivity index (χ2n) is 5.90. The van der Waals surface area contributed by atoms with Crippen molar-refractivity contribution in [3.05, 3.63) is 109 Å². The molecule has 0 aliphatic carbocycles. The van der Waals surface area contributed by atoms with Crippen molar-refractivity contribution in [3.63, 3.8) is 0 Å². The standard InChI is InChI=1S/C13H7FNO.C11H8N.Ir/c14-10-3-1-9(2-4-10)13-11-6-8-16-12(11)5-7-15-13;1-2-6-10(7-3-1)11-8-4-5-9-12-11;/h1,3-8H;1-6,8-9H;/q2*-1;. The second-order valence-corrected chi connectivity index (χ2v) is 5.90. The zero-order valence-electron chi connectivity index (χ0n) is 15.2. The molecule has 0 aliphatic heterocycles. The predicted molar refractivity (Wildman–Crippen MR) is 107 cm³/mol. The van der Waals surface area contributed by atoms with Gasteiger partial charge >= 0.3 is 0 Å². The first-order valence-electron chi connectivity index (χ1n) is 8.69. The normalized spacial score (nSPS) is 9.97. The van der Waals surface area contributed by atoms with Gasteiger partial charge in [0, 0.05) is 43.7 Å². The van der Waals surface area contributed by atoms with Crippen LogP contribution in [0.2, 0.25) is 0 Å². The third-order valence-electron chi connectivity index (χ3n) is 4.06. The number of halogens is 1. The number of fused-ring (bicyclic) bond motifs is 1. The molecule has 0 amide bonds. The van der Waals surface area contributed by atoms with Crippen LogP contribution in [-0.4, -0.2) is 9.97 Å². The minimum atomic E-state index is -0.303. The van der Waals surface area contributed by atoms with Crippen molar-refractivity contribution in [3.8, 4) is 22.5 Å². The molecule has 0 atom stereocenters. The molecule has 0 unspecified atom stereocenters. The summed E-state index contributed by atoms with van der Waals surface area (Å²) in [6, 6.07) is 27.7. The van der Waals surface area contributed by atoms with Gasteiger partial charge in [-0.05, 0) is 29.6 Å². The summed E-state index contributed by atoms with van der Waals surface area (Å²) in [5.41, 5.74) is 4.29. The fraction of sp³-hybridized carbons (Fsp3) is 0. The summed E-state index contributed by atoms with van der Waals surface area (Å²) >= 11 is 0. The van der Waals surface area contributed by atoms with Gasteiger partial charge in [-0.15, -0.1) is 65.7 Å². The molecular weight excluding hydrogens is 543 g/mol. The molecule has 0 N–H and O–H groups in total. The van der Waals surface area contributed by atoms with Crippen molar-refractivity contribution in [2.24, 2.45) is 0 Å². The van der Waals surface area contributed by atoms with Crippen LogP contribution in [0, 0.1) is 17.9 Å². The topological polar surface area (TPSA) is 38.9 Å². The Kier molecular flexibility index (Phi) is 7.01. The van der Waals surface area contributed by atoms with E-state index in [-0.39, 0.29) is 25.9 Å². The smallest absolute Gasteiger partial charge is 0.128 e. The number of hydrogen-bond acceptors (Lipinski definition) is 3. The van der Waals surface area contributed by atoms with Gasteiger partial charge in [-0.2, -0.15) is 0 Å². The molecule has 3 nitrogen and oxygen atoms in total. The van der Waals surface area contributed by atoms with Crippen LogP contribution in [-0.2, 0) is 20.1 Å². The molecule has 0 bridgehead atoms. The first-order chi connectivity index (χ1) is 13.8. The molecule has 3 heterocycles. The van der Waals surface area contributed by atoms with Gasteiger partial charge in [-0.3, -0.25) is 4.39 Å². The molecule has 145 valence electrons. The van der Waals surface area contributed by atoms with E-state index in [0.29, 0.717) is 0 Å². The number of furan rings is 1. The molecule has 5 heteroatoms. The van der Waals surface area contributed by atoms with Crippen LogP contribution in [0.3, 0.4) is 0 Å². The van der Waals surface area contributed by atoms with Gasteiger partial charge in [0.25, 0.3) is 0 Å². The van der Waals surface area contributed by atoms with Gasteiger partial charge in [0.05, 0.1) is 6.26 Å². The van der Waals surface area contributed by atoms with Crippen LogP contribution < -0.4 is 0 Å². The first kappa shape index (κ1) is 20.6. The second kappa shape index (κ2) is 9.87.